The van der Waals surface area contributed by atoms with Crippen molar-refractivity contribution in [3.05, 3.63) is 16.7 Å². The van der Waals surface area contributed by atoms with Gasteiger partial charge in [0, 0.05) is 16.7 Å². The highest BCUT2D eigenvalue weighted by molar-refractivity contribution is 9.10. The van der Waals surface area contributed by atoms with Crippen molar-refractivity contribution >= 4 is 27.6 Å². The van der Waals surface area contributed by atoms with Crippen molar-refractivity contribution in [1.82, 2.24) is 4.98 Å². The van der Waals surface area contributed by atoms with Crippen LogP contribution in [0.2, 0.25) is 0 Å². The third kappa shape index (κ3) is 4.68. The number of ether oxygens (including phenoxy) is 2. The lowest BCUT2D eigenvalue weighted by molar-refractivity contribution is -0.830. The number of carbonyl (C=O) groups excluding carboxylic acids is 1. The lowest BCUT2D eigenvalue weighted by atomic mass is 10.4. The molecule has 0 saturated heterocycles. The molecule has 1 aromatic rings. The summed E-state index contributed by atoms with van der Waals surface area (Å²) in [5.74, 6) is -0.108. The summed E-state index contributed by atoms with van der Waals surface area (Å²) in [4.78, 5) is 20.1. The average Bonchev–Trinajstić information content (AvgIpc) is 2.29. The van der Waals surface area contributed by atoms with E-state index in [0.717, 1.165) is 4.47 Å². The van der Waals surface area contributed by atoms with E-state index in [-0.39, 0.29) is 6.61 Å². The lowest BCUT2D eigenvalue weighted by Crippen LogP contribution is -2.76. The molecule has 0 aliphatic rings. The van der Waals surface area contributed by atoms with Gasteiger partial charge in [0.05, 0.1) is 13.7 Å². The smallest absolute Gasteiger partial charge is 0.344 e. The second kappa shape index (κ2) is 7.21. The fourth-order valence-corrected chi connectivity index (χ4v) is 1.45. The molecule has 1 aromatic heterocycles. The first-order valence-electron chi connectivity index (χ1n) is 4.97. The summed E-state index contributed by atoms with van der Waals surface area (Å²) < 4.78 is 10.8. The minimum Gasteiger partial charge on any atom is -0.463 e. The Morgan fingerprint density at radius 2 is 2.35 bits per heavy atom. The standard InChI is InChI=1S/C10H13BrN2O4/c1-3-16-9(14)6-17-10-8(13-15-2)4-7(11)5-12-10/h4-5,13H,3,6H2,1-2H3/p+1. The van der Waals surface area contributed by atoms with E-state index in [0.29, 0.717) is 18.2 Å². The molecular weight excluding hydrogens is 292 g/mol. The van der Waals surface area contributed by atoms with E-state index in [2.05, 4.69) is 20.9 Å². The number of hydrogen-bond acceptors (Lipinski definition) is 5. The van der Waals surface area contributed by atoms with Gasteiger partial charge < -0.3 is 9.47 Å². The normalized spacial score (nSPS) is 10.1. The van der Waals surface area contributed by atoms with Crippen LogP contribution in [0.15, 0.2) is 16.7 Å². The molecule has 0 aliphatic carbocycles. The molecule has 0 saturated carbocycles. The molecule has 0 fully saturated rings. The Morgan fingerprint density at radius 1 is 1.59 bits per heavy atom. The second-order valence-electron chi connectivity index (χ2n) is 3.00. The Morgan fingerprint density at radius 3 is 3.00 bits per heavy atom. The maximum atomic E-state index is 11.1. The summed E-state index contributed by atoms with van der Waals surface area (Å²) in [6.07, 6.45) is 1.58. The molecule has 0 bridgehead atoms. The summed E-state index contributed by atoms with van der Waals surface area (Å²) in [6.45, 7) is 1.89. The van der Waals surface area contributed by atoms with Crippen LogP contribution in [-0.2, 0) is 14.4 Å². The summed E-state index contributed by atoms with van der Waals surface area (Å²) >= 11 is 3.29. The van der Waals surface area contributed by atoms with Gasteiger partial charge in [-0.25, -0.2) is 14.6 Å². The van der Waals surface area contributed by atoms with Crippen LogP contribution in [0.1, 0.15) is 6.92 Å². The third-order valence-corrected chi connectivity index (χ3v) is 2.16. The molecule has 1 heterocycles. The minimum atomic E-state index is -0.430. The van der Waals surface area contributed by atoms with Gasteiger partial charge in [0.25, 0.3) is 5.88 Å². The minimum absolute atomic E-state index is 0.174. The molecule has 0 aliphatic heterocycles. The van der Waals surface area contributed by atoms with Crippen LogP contribution in [0.25, 0.3) is 0 Å². The van der Waals surface area contributed by atoms with E-state index >= 15 is 0 Å². The Hall–Kier alpha value is -1.18. The molecule has 7 heteroatoms. The molecular formula is C10H14BrN2O4+. The number of nitrogens with two attached hydrogens (primary N) is 1. The number of halogens is 1. The molecule has 0 atom stereocenters. The van der Waals surface area contributed by atoms with E-state index < -0.39 is 5.97 Å². The number of quaternary nitrogens is 1. The maximum Gasteiger partial charge on any atom is 0.344 e. The van der Waals surface area contributed by atoms with Gasteiger partial charge in [-0.05, 0) is 22.9 Å². The third-order valence-electron chi connectivity index (χ3n) is 1.72. The van der Waals surface area contributed by atoms with E-state index in [9.17, 15) is 4.79 Å². The number of pyridine rings is 1. The van der Waals surface area contributed by atoms with Crippen LogP contribution in [0.3, 0.4) is 0 Å². The predicted octanol–water partition coefficient (Wildman–Crippen LogP) is 0.542. The van der Waals surface area contributed by atoms with Crippen molar-refractivity contribution in [3.63, 3.8) is 0 Å². The van der Waals surface area contributed by atoms with Gasteiger partial charge in [0.1, 0.15) is 0 Å². The van der Waals surface area contributed by atoms with Gasteiger partial charge in [-0.2, -0.15) is 5.48 Å². The van der Waals surface area contributed by atoms with Crippen molar-refractivity contribution in [2.24, 2.45) is 0 Å². The summed E-state index contributed by atoms with van der Waals surface area (Å²) in [5.41, 5.74) is 2.13. The molecule has 0 radical (unpaired) electrons. The summed E-state index contributed by atoms with van der Waals surface area (Å²) in [6, 6.07) is 1.77. The van der Waals surface area contributed by atoms with Gasteiger partial charge in [0.2, 0.25) is 5.69 Å². The number of nitrogens with zero attached hydrogens (tertiary/aromatic N) is 1. The summed E-state index contributed by atoms with van der Waals surface area (Å²) in [5, 5.41) is 0. The van der Waals surface area contributed by atoms with Gasteiger partial charge >= 0.3 is 5.97 Å². The Balaban J connectivity index is 2.66. The van der Waals surface area contributed by atoms with E-state index in [1.807, 2.05) is 0 Å². The number of esters is 1. The molecule has 0 amide bonds. The first-order valence-corrected chi connectivity index (χ1v) is 5.76. The Labute approximate surface area is 107 Å². The van der Waals surface area contributed by atoms with Crippen molar-refractivity contribution in [1.29, 1.82) is 0 Å². The number of hydrogen-bond donors (Lipinski definition) is 1. The highest BCUT2D eigenvalue weighted by Crippen LogP contribution is 2.20. The molecule has 1 rings (SSSR count). The maximum absolute atomic E-state index is 11.1. The molecule has 0 aromatic carbocycles. The predicted molar refractivity (Wildman–Crippen MR) is 62.7 cm³/mol. The van der Waals surface area contributed by atoms with Crippen LogP contribution < -0.4 is 10.2 Å². The van der Waals surface area contributed by atoms with E-state index in [4.69, 9.17) is 14.3 Å². The van der Waals surface area contributed by atoms with Crippen LogP contribution in [0, 0.1) is 0 Å². The summed E-state index contributed by atoms with van der Waals surface area (Å²) in [7, 11) is 1.52. The average molecular weight is 306 g/mol. The lowest BCUT2D eigenvalue weighted by Gasteiger charge is -2.07. The fourth-order valence-electron chi connectivity index (χ4n) is 1.10. The van der Waals surface area contributed by atoms with Crippen LogP contribution in [-0.4, -0.2) is 31.3 Å². The Bertz CT molecular complexity index is 387. The number of rotatable bonds is 6. The van der Waals surface area contributed by atoms with Crippen molar-refractivity contribution < 1.29 is 24.6 Å². The molecule has 0 spiro atoms. The monoisotopic (exact) mass is 305 g/mol. The van der Waals surface area contributed by atoms with Gasteiger partial charge in [-0.1, -0.05) is 0 Å². The molecule has 94 valence electrons. The van der Waals surface area contributed by atoms with Crippen molar-refractivity contribution in [3.8, 4) is 5.88 Å². The zero-order valence-corrected chi connectivity index (χ0v) is 11.2. The molecule has 17 heavy (non-hydrogen) atoms. The zero-order valence-electron chi connectivity index (χ0n) is 9.60. The van der Waals surface area contributed by atoms with Crippen molar-refractivity contribution in [2.45, 2.75) is 6.92 Å². The van der Waals surface area contributed by atoms with Crippen LogP contribution in [0.5, 0.6) is 5.88 Å². The Kier molecular flexibility index (Phi) is 5.88. The molecule has 2 N–H and O–H groups in total. The quantitative estimate of drug-likeness (QED) is 0.613. The van der Waals surface area contributed by atoms with Crippen LogP contribution >= 0.6 is 15.9 Å². The first kappa shape index (κ1) is 13.9. The van der Waals surface area contributed by atoms with E-state index in [1.54, 1.807) is 19.2 Å². The number of carbonyl (C=O) groups is 1. The molecule has 0 unspecified atom stereocenters. The largest absolute Gasteiger partial charge is 0.463 e. The second-order valence-corrected chi connectivity index (χ2v) is 3.91. The highest BCUT2D eigenvalue weighted by Gasteiger charge is 2.13. The molecule has 6 nitrogen and oxygen atoms in total. The SMILES string of the molecule is CCOC(=O)COc1ncc(Br)cc1[NH2+]OC. The van der Waals surface area contributed by atoms with Gasteiger partial charge in [-0.3, -0.25) is 0 Å². The van der Waals surface area contributed by atoms with Gasteiger partial charge in [0.15, 0.2) is 6.61 Å². The topological polar surface area (TPSA) is 74.3 Å². The van der Waals surface area contributed by atoms with Crippen LogP contribution in [0.4, 0.5) is 5.69 Å². The van der Waals surface area contributed by atoms with Gasteiger partial charge in [-0.15, -0.1) is 0 Å². The highest BCUT2D eigenvalue weighted by atomic mass is 79.9. The fraction of sp³-hybridized carbons (Fsp3) is 0.400. The zero-order chi connectivity index (χ0) is 12.7. The van der Waals surface area contributed by atoms with Crippen molar-refractivity contribution in [2.75, 3.05) is 20.3 Å². The van der Waals surface area contributed by atoms with E-state index in [1.165, 1.54) is 12.6 Å². The first-order chi connectivity index (χ1) is 8.17. The number of aromatic nitrogens is 1.